The summed E-state index contributed by atoms with van der Waals surface area (Å²) in [5.41, 5.74) is 4.97. The molecule has 4 N–H and O–H groups in total. The van der Waals surface area contributed by atoms with E-state index >= 15 is 0 Å². The van der Waals surface area contributed by atoms with Crippen molar-refractivity contribution in [2.75, 3.05) is 50.6 Å². The Balaban J connectivity index is 1.33. The van der Waals surface area contributed by atoms with Crippen LogP contribution in [0.15, 0.2) is 30.5 Å². The number of aromatic nitrogens is 3. The summed E-state index contributed by atoms with van der Waals surface area (Å²) in [6.07, 6.45) is 8.86. The van der Waals surface area contributed by atoms with Crippen molar-refractivity contribution in [3.8, 4) is 0 Å². The summed E-state index contributed by atoms with van der Waals surface area (Å²) in [6.45, 7) is 8.49. The number of carbonyl (C=O) groups excluding carboxylic acids is 2. The molecule has 3 heterocycles. The number of rotatable bonds is 17. The Kier molecular flexibility index (Phi) is 12.9. The third-order valence-corrected chi connectivity index (χ3v) is 8.21. The monoisotopic (exact) mass is 607 g/mol. The van der Waals surface area contributed by atoms with Crippen LogP contribution < -0.4 is 16.0 Å². The van der Waals surface area contributed by atoms with E-state index in [2.05, 4.69) is 39.8 Å². The van der Waals surface area contributed by atoms with Gasteiger partial charge in [-0.05, 0) is 76.9 Å². The maximum Gasteiger partial charge on any atom is 0.251 e. The highest BCUT2D eigenvalue weighted by atomic mass is 16.5. The van der Waals surface area contributed by atoms with Crippen molar-refractivity contribution >= 4 is 34.2 Å². The maximum absolute atomic E-state index is 13.2. The predicted molar refractivity (Wildman–Crippen MR) is 174 cm³/mol. The van der Waals surface area contributed by atoms with Crippen LogP contribution in [0.3, 0.4) is 0 Å². The van der Waals surface area contributed by atoms with E-state index in [0.29, 0.717) is 30.8 Å². The number of nitrogens with zero attached hydrogens (tertiary/aromatic N) is 4. The summed E-state index contributed by atoms with van der Waals surface area (Å²) in [4.78, 5) is 32.7. The second-order valence-corrected chi connectivity index (χ2v) is 11.5. The minimum atomic E-state index is -0.184. The van der Waals surface area contributed by atoms with Crippen molar-refractivity contribution in [2.45, 2.75) is 84.3 Å². The average Bonchev–Trinajstić information content (AvgIpc) is 3.45. The van der Waals surface area contributed by atoms with Gasteiger partial charge in [-0.15, -0.1) is 0 Å². The van der Waals surface area contributed by atoms with Gasteiger partial charge in [0.05, 0.1) is 23.9 Å². The molecule has 0 bridgehead atoms. The first-order valence-electron chi connectivity index (χ1n) is 16.1. The number of hydrogen-bond acceptors (Lipinski definition) is 8. The van der Waals surface area contributed by atoms with Gasteiger partial charge in [0.2, 0.25) is 5.91 Å². The number of benzene rings is 1. The third kappa shape index (κ3) is 9.23. The number of nitrogens with one attached hydrogen (secondary N) is 3. The number of carbonyl (C=O) groups is 2. The normalized spacial score (nSPS) is 13.8. The number of anilines is 2. The lowest BCUT2D eigenvalue weighted by Gasteiger charge is -2.26. The van der Waals surface area contributed by atoms with Crippen molar-refractivity contribution in [3.63, 3.8) is 0 Å². The highest BCUT2D eigenvalue weighted by Crippen LogP contribution is 2.31. The molecule has 2 amide bonds. The van der Waals surface area contributed by atoms with Crippen LogP contribution in [0.25, 0.3) is 11.0 Å². The van der Waals surface area contributed by atoms with Crippen molar-refractivity contribution < 1.29 is 19.4 Å². The molecule has 1 aliphatic rings. The van der Waals surface area contributed by atoms with Crippen LogP contribution in [0, 0.1) is 0 Å². The van der Waals surface area contributed by atoms with Gasteiger partial charge >= 0.3 is 0 Å². The molecule has 1 saturated heterocycles. The summed E-state index contributed by atoms with van der Waals surface area (Å²) in [5.74, 6) is -0.207. The van der Waals surface area contributed by atoms with Crippen molar-refractivity contribution in [3.05, 3.63) is 47.3 Å². The first-order valence-corrected chi connectivity index (χ1v) is 16.1. The largest absolute Gasteiger partial charge is 0.395 e. The Labute approximate surface area is 260 Å². The van der Waals surface area contributed by atoms with E-state index < -0.39 is 0 Å². The van der Waals surface area contributed by atoms with Crippen LogP contribution in [0.1, 0.15) is 80.4 Å². The molecular formula is C33H49N7O4. The molecule has 44 heavy (non-hydrogen) atoms. The molecule has 11 nitrogen and oxygen atoms in total. The van der Waals surface area contributed by atoms with E-state index in [-0.39, 0.29) is 24.5 Å². The van der Waals surface area contributed by atoms with Gasteiger partial charge in [-0.2, -0.15) is 5.10 Å². The predicted octanol–water partition coefficient (Wildman–Crippen LogP) is 4.35. The standard InChI is InChI=1S/C33H49N7O4/c1-4-29-27(31(37-26-15-20-44-21-16-26)28-23-35-40(5-2)32(28)38-29)22-34-33(43)24-11-13-25(14-12-24)36-30(42)10-8-6-7-9-17-39(3)18-19-41/h11-14,23,26,41H,4-10,15-22H2,1-3H3,(H,34,43)(H,36,42)(H,37,38). The molecule has 0 saturated carbocycles. The molecule has 0 unspecified atom stereocenters. The number of likely N-dealkylation sites (N-methyl/N-ethyl adjacent to an activating group) is 1. The number of aliphatic hydroxyl groups is 1. The summed E-state index contributed by atoms with van der Waals surface area (Å²) in [7, 11) is 2.00. The zero-order valence-electron chi connectivity index (χ0n) is 26.5. The molecule has 0 aliphatic carbocycles. The van der Waals surface area contributed by atoms with E-state index in [0.717, 1.165) is 99.2 Å². The van der Waals surface area contributed by atoms with Crippen LogP contribution in [0.4, 0.5) is 11.4 Å². The summed E-state index contributed by atoms with van der Waals surface area (Å²) in [6, 6.07) is 7.30. The quantitative estimate of drug-likeness (QED) is 0.167. The van der Waals surface area contributed by atoms with Gasteiger partial charge in [0.1, 0.15) is 0 Å². The van der Waals surface area contributed by atoms with Gasteiger partial charge in [-0.1, -0.05) is 19.8 Å². The lowest BCUT2D eigenvalue weighted by molar-refractivity contribution is -0.116. The van der Waals surface area contributed by atoms with E-state index in [1.54, 1.807) is 24.3 Å². The van der Waals surface area contributed by atoms with E-state index in [1.807, 2.05) is 17.9 Å². The molecule has 1 aliphatic heterocycles. The number of unbranched alkanes of at least 4 members (excludes halogenated alkanes) is 3. The summed E-state index contributed by atoms with van der Waals surface area (Å²) >= 11 is 0. The highest BCUT2D eigenvalue weighted by molar-refractivity contribution is 5.96. The molecular weight excluding hydrogens is 558 g/mol. The van der Waals surface area contributed by atoms with E-state index in [1.165, 1.54) is 0 Å². The minimum absolute atomic E-state index is 0.0226. The van der Waals surface area contributed by atoms with Gasteiger partial charge in [0, 0.05) is 67.8 Å². The average molecular weight is 608 g/mol. The Hall–Kier alpha value is -3.54. The maximum atomic E-state index is 13.2. The van der Waals surface area contributed by atoms with Crippen molar-refractivity contribution in [1.29, 1.82) is 0 Å². The van der Waals surface area contributed by atoms with Crippen molar-refractivity contribution in [2.24, 2.45) is 0 Å². The Morgan fingerprint density at radius 3 is 2.52 bits per heavy atom. The topological polar surface area (TPSA) is 134 Å². The minimum Gasteiger partial charge on any atom is -0.395 e. The van der Waals surface area contributed by atoms with Crippen LogP contribution in [0.5, 0.6) is 0 Å². The van der Waals surface area contributed by atoms with Gasteiger partial charge in [0.25, 0.3) is 5.91 Å². The number of amides is 2. The number of aryl methyl sites for hydroxylation is 2. The SMILES string of the molecule is CCc1nc2c(cnn2CC)c(NC2CCOCC2)c1CNC(=O)c1ccc(NC(=O)CCCCCCN(C)CCO)cc1. The highest BCUT2D eigenvalue weighted by Gasteiger charge is 2.22. The smallest absolute Gasteiger partial charge is 0.251 e. The lowest BCUT2D eigenvalue weighted by Crippen LogP contribution is -2.30. The summed E-state index contributed by atoms with van der Waals surface area (Å²) < 4.78 is 7.48. The molecule has 1 aromatic carbocycles. The fourth-order valence-electron chi connectivity index (χ4n) is 5.60. The molecule has 11 heteroatoms. The third-order valence-electron chi connectivity index (χ3n) is 8.21. The van der Waals surface area contributed by atoms with Crippen molar-refractivity contribution in [1.82, 2.24) is 25.0 Å². The van der Waals surface area contributed by atoms with Gasteiger partial charge in [0.15, 0.2) is 5.65 Å². The second kappa shape index (κ2) is 17.1. The van der Waals surface area contributed by atoms with Gasteiger partial charge in [-0.25, -0.2) is 9.67 Å². The molecule has 4 rings (SSSR count). The van der Waals surface area contributed by atoms with Crippen LogP contribution in [-0.4, -0.2) is 82.6 Å². The number of ether oxygens (including phenoxy) is 1. The zero-order valence-corrected chi connectivity index (χ0v) is 26.5. The second-order valence-electron chi connectivity index (χ2n) is 11.5. The lowest BCUT2D eigenvalue weighted by atomic mass is 10.0. The number of fused-ring (bicyclic) bond motifs is 1. The molecule has 0 radical (unpaired) electrons. The Morgan fingerprint density at radius 1 is 1.07 bits per heavy atom. The Morgan fingerprint density at radius 2 is 1.82 bits per heavy atom. The Bertz CT molecular complexity index is 1350. The molecule has 2 aromatic heterocycles. The first-order chi connectivity index (χ1) is 21.4. The van der Waals surface area contributed by atoms with Gasteiger partial charge < -0.3 is 30.7 Å². The van der Waals surface area contributed by atoms with Crippen LogP contribution in [0.2, 0.25) is 0 Å². The summed E-state index contributed by atoms with van der Waals surface area (Å²) in [5, 5.41) is 24.3. The molecule has 0 atom stereocenters. The molecule has 0 spiro atoms. The molecule has 3 aromatic rings. The number of pyridine rings is 1. The molecule has 240 valence electrons. The fourth-order valence-corrected chi connectivity index (χ4v) is 5.60. The van der Waals surface area contributed by atoms with Crippen LogP contribution >= 0.6 is 0 Å². The van der Waals surface area contributed by atoms with Crippen LogP contribution in [-0.2, 0) is 29.0 Å². The number of aliphatic hydroxyl groups excluding tert-OH is 1. The first kappa shape index (κ1) is 33.4. The van der Waals surface area contributed by atoms with Gasteiger partial charge in [-0.3, -0.25) is 9.59 Å². The molecule has 1 fully saturated rings. The fraction of sp³-hybridized carbons (Fsp3) is 0.576. The zero-order chi connectivity index (χ0) is 31.3. The van der Waals surface area contributed by atoms with E-state index in [9.17, 15) is 9.59 Å². The number of hydrogen-bond donors (Lipinski definition) is 4. The van der Waals surface area contributed by atoms with E-state index in [4.69, 9.17) is 14.8 Å².